The van der Waals surface area contributed by atoms with E-state index >= 15 is 0 Å². The molecule has 1 rings (SSSR count). The van der Waals surface area contributed by atoms with Crippen molar-refractivity contribution in [2.75, 3.05) is 0 Å². The Bertz CT molecular complexity index is 788. The lowest BCUT2D eigenvalue weighted by atomic mass is 10.0. The fourth-order valence-corrected chi connectivity index (χ4v) is 2.26. The highest BCUT2D eigenvalue weighted by Crippen LogP contribution is 2.14. The molecule has 0 aliphatic rings. The van der Waals surface area contributed by atoms with Crippen molar-refractivity contribution in [3.05, 3.63) is 29.8 Å². The van der Waals surface area contributed by atoms with E-state index in [1.165, 1.54) is 24.3 Å². The molecule has 11 nitrogen and oxygen atoms in total. The van der Waals surface area contributed by atoms with Gasteiger partial charge in [-0.15, -0.1) is 0 Å². The highest BCUT2D eigenvalue weighted by molar-refractivity contribution is 5.99. The molecular weight excluding hydrogens is 370 g/mol. The van der Waals surface area contributed by atoms with E-state index < -0.39 is 48.2 Å². The Balaban J connectivity index is 3.01. The van der Waals surface area contributed by atoms with Gasteiger partial charge in [-0.05, 0) is 24.1 Å². The standard InChI is InChI=1S/C17H23N5O6/c1-8(2)13(16(27)28)22-15(26)11(7-12(23)24)21-14(25)9-4-3-5-10(6-9)20-17(18)19/h3-6,8,11,13H,7H2,1-2H3,(H,21,25)(H,22,26)(H,23,24)(H,27,28)(H4,18,19,20)/t11-,13-/m0/s1. The van der Waals surface area contributed by atoms with Crippen molar-refractivity contribution in [1.29, 1.82) is 0 Å². The first-order valence-corrected chi connectivity index (χ1v) is 8.26. The molecule has 0 saturated heterocycles. The Hall–Kier alpha value is -3.63. The van der Waals surface area contributed by atoms with Crippen molar-refractivity contribution >= 4 is 35.4 Å². The van der Waals surface area contributed by atoms with Gasteiger partial charge in [-0.3, -0.25) is 14.4 Å². The van der Waals surface area contributed by atoms with Crippen LogP contribution < -0.4 is 22.1 Å². The van der Waals surface area contributed by atoms with E-state index in [0.717, 1.165) is 0 Å². The van der Waals surface area contributed by atoms with Crippen LogP contribution in [0.2, 0.25) is 0 Å². The summed E-state index contributed by atoms with van der Waals surface area (Å²) in [7, 11) is 0. The van der Waals surface area contributed by atoms with Gasteiger partial charge in [-0.2, -0.15) is 0 Å². The van der Waals surface area contributed by atoms with Gasteiger partial charge in [0.2, 0.25) is 5.91 Å². The van der Waals surface area contributed by atoms with Crippen molar-refractivity contribution in [3.63, 3.8) is 0 Å². The van der Waals surface area contributed by atoms with E-state index in [1.54, 1.807) is 13.8 Å². The molecule has 0 bridgehead atoms. The summed E-state index contributed by atoms with van der Waals surface area (Å²) in [6.45, 7) is 3.16. The molecule has 152 valence electrons. The van der Waals surface area contributed by atoms with Crippen LogP contribution in [0.25, 0.3) is 0 Å². The molecule has 1 aromatic rings. The van der Waals surface area contributed by atoms with Crippen LogP contribution in [-0.4, -0.2) is 52.0 Å². The Labute approximate surface area is 160 Å². The number of carboxylic acids is 2. The second-order valence-electron chi connectivity index (χ2n) is 6.28. The van der Waals surface area contributed by atoms with E-state index in [9.17, 15) is 19.2 Å². The predicted octanol–water partition coefficient (Wildman–Crippen LogP) is -0.610. The van der Waals surface area contributed by atoms with Crippen LogP contribution in [0.4, 0.5) is 5.69 Å². The molecule has 2 atom stereocenters. The van der Waals surface area contributed by atoms with Gasteiger partial charge in [0.1, 0.15) is 12.1 Å². The van der Waals surface area contributed by atoms with E-state index in [-0.39, 0.29) is 17.2 Å². The quantitative estimate of drug-likeness (QED) is 0.236. The van der Waals surface area contributed by atoms with E-state index in [2.05, 4.69) is 15.6 Å². The van der Waals surface area contributed by atoms with Crippen molar-refractivity contribution in [1.82, 2.24) is 10.6 Å². The minimum atomic E-state index is -1.47. The summed E-state index contributed by atoms with van der Waals surface area (Å²) < 4.78 is 0. The Morgan fingerprint density at radius 2 is 1.75 bits per heavy atom. The smallest absolute Gasteiger partial charge is 0.326 e. The van der Waals surface area contributed by atoms with Crippen molar-refractivity contribution in [2.24, 2.45) is 22.4 Å². The van der Waals surface area contributed by atoms with Crippen molar-refractivity contribution in [3.8, 4) is 0 Å². The Morgan fingerprint density at radius 3 is 2.25 bits per heavy atom. The topological polar surface area (TPSA) is 197 Å². The molecule has 28 heavy (non-hydrogen) atoms. The van der Waals surface area contributed by atoms with E-state index in [4.69, 9.17) is 21.7 Å². The first-order chi connectivity index (χ1) is 13.0. The van der Waals surface area contributed by atoms with Gasteiger partial charge in [0.15, 0.2) is 5.96 Å². The summed E-state index contributed by atoms with van der Waals surface area (Å²) >= 11 is 0. The lowest BCUT2D eigenvalue weighted by Crippen LogP contribution is -2.53. The largest absolute Gasteiger partial charge is 0.481 e. The van der Waals surface area contributed by atoms with E-state index in [1.807, 2.05) is 0 Å². The maximum Gasteiger partial charge on any atom is 0.326 e. The highest BCUT2D eigenvalue weighted by Gasteiger charge is 2.30. The zero-order valence-corrected chi connectivity index (χ0v) is 15.4. The molecule has 1 aromatic carbocycles. The molecule has 0 unspecified atom stereocenters. The summed E-state index contributed by atoms with van der Waals surface area (Å²) in [5, 5.41) is 22.7. The van der Waals surface area contributed by atoms with Gasteiger partial charge in [0.25, 0.3) is 5.91 Å². The van der Waals surface area contributed by atoms with Gasteiger partial charge < -0.3 is 32.3 Å². The summed E-state index contributed by atoms with van der Waals surface area (Å²) in [5.41, 5.74) is 10.9. The minimum absolute atomic E-state index is 0.0873. The summed E-state index contributed by atoms with van der Waals surface area (Å²) in [4.78, 5) is 50.9. The zero-order valence-electron chi connectivity index (χ0n) is 15.4. The fraction of sp³-hybridized carbons (Fsp3) is 0.353. The molecule has 0 aromatic heterocycles. The van der Waals surface area contributed by atoms with Gasteiger partial charge in [-0.25, -0.2) is 9.79 Å². The number of rotatable bonds is 9. The molecule has 0 aliphatic carbocycles. The number of carbonyl (C=O) groups is 4. The molecule has 0 spiro atoms. The molecule has 11 heteroatoms. The van der Waals surface area contributed by atoms with Crippen LogP contribution in [0.3, 0.4) is 0 Å². The second-order valence-corrected chi connectivity index (χ2v) is 6.28. The average Bonchev–Trinajstić information content (AvgIpc) is 2.57. The first kappa shape index (κ1) is 22.4. The number of carbonyl (C=O) groups excluding carboxylic acids is 2. The molecule has 8 N–H and O–H groups in total. The van der Waals surface area contributed by atoms with Crippen LogP contribution in [0, 0.1) is 5.92 Å². The monoisotopic (exact) mass is 393 g/mol. The number of aliphatic carboxylic acids is 2. The minimum Gasteiger partial charge on any atom is -0.481 e. The highest BCUT2D eigenvalue weighted by atomic mass is 16.4. The van der Waals surface area contributed by atoms with Gasteiger partial charge in [0.05, 0.1) is 12.1 Å². The third-order valence-corrected chi connectivity index (χ3v) is 3.60. The first-order valence-electron chi connectivity index (χ1n) is 8.26. The number of nitrogens with one attached hydrogen (secondary N) is 2. The molecule has 0 heterocycles. The molecule has 0 aliphatic heterocycles. The number of guanidine groups is 1. The van der Waals surface area contributed by atoms with Crippen molar-refractivity contribution < 1.29 is 29.4 Å². The van der Waals surface area contributed by atoms with Crippen molar-refractivity contribution in [2.45, 2.75) is 32.4 Å². The van der Waals surface area contributed by atoms with Crippen LogP contribution in [0.5, 0.6) is 0 Å². The van der Waals surface area contributed by atoms with Crippen LogP contribution >= 0.6 is 0 Å². The molecule has 0 saturated carbocycles. The third-order valence-electron chi connectivity index (χ3n) is 3.60. The third kappa shape index (κ3) is 6.94. The van der Waals surface area contributed by atoms with Gasteiger partial charge in [-0.1, -0.05) is 19.9 Å². The lowest BCUT2D eigenvalue weighted by molar-refractivity contribution is -0.144. The number of nitrogens with zero attached hydrogens (tertiary/aromatic N) is 1. The number of hydrogen-bond acceptors (Lipinski definition) is 5. The normalized spacial score (nSPS) is 12.5. The summed E-state index contributed by atoms with van der Waals surface area (Å²) in [5.74, 6) is -4.93. The number of carboxylic acid groups (broad SMARTS) is 2. The maximum absolute atomic E-state index is 12.4. The number of benzene rings is 1. The maximum atomic E-state index is 12.4. The van der Waals surface area contributed by atoms with Crippen LogP contribution in [0.1, 0.15) is 30.6 Å². The van der Waals surface area contributed by atoms with Gasteiger partial charge in [0, 0.05) is 5.56 Å². The number of nitrogens with two attached hydrogens (primary N) is 2. The zero-order chi connectivity index (χ0) is 21.4. The van der Waals surface area contributed by atoms with E-state index in [0.29, 0.717) is 0 Å². The second kappa shape index (κ2) is 9.90. The SMILES string of the molecule is CC(C)[C@H](NC(=O)[C@H](CC(=O)O)NC(=O)c1cccc(N=C(N)N)c1)C(=O)O. The summed E-state index contributed by atoms with van der Waals surface area (Å²) in [6.07, 6.45) is -0.727. The average molecular weight is 393 g/mol. The molecular formula is C17H23N5O6. The summed E-state index contributed by atoms with van der Waals surface area (Å²) in [6, 6.07) is 3.10. The molecule has 0 radical (unpaired) electrons. The predicted molar refractivity (Wildman–Crippen MR) is 99.8 cm³/mol. The fourth-order valence-electron chi connectivity index (χ4n) is 2.26. The van der Waals surface area contributed by atoms with Crippen LogP contribution in [0.15, 0.2) is 29.3 Å². The van der Waals surface area contributed by atoms with Gasteiger partial charge >= 0.3 is 11.9 Å². The number of aliphatic imine (C=N–C) groups is 1. The van der Waals surface area contributed by atoms with Crippen LogP contribution in [-0.2, 0) is 14.4 Å². The molecule has 2 amide bonds. The Morgan fingerprint density at radius 1 is 1.11 bits per heavy atom. The number of hydrogen-bond donors (Lipinski definition) is 6. The number of amides is 2. The lowest BCUT2D eigenvalue weighted by Gasteiger charge is -2.22. The Kier molecular flexibility index (Phi) is 7.92. The molecule has 0 fully saturated rings.